The van der Waals surface area contributed by atoms with Gasteiger partial charge in [-0.25, -0.2) is 4.79 Å². The fourth-order valence-corrected chi connectivity index (χ4v) is 3.41. The number of hydrogen-bond acceptors (Lipinski definition) is 5. The Labute approximate surface area is 172 Å². The Morgan fingerprint density at radius 3 is 2.45 bits per heavy atom. The van der Waals surface area contributed by atoms with Crippen molar-refractivity contribution >= 4 is 17.8 Å². The lowest BCUT2D eigenvalue weighted by Crippen LogP contribution is -2.41. The van der Waals surface area contributed by atoms with Crippen molar-refractivity contribution in [2.24, 2.45) is 0 Å². The predicted molar refractivity (Wildman–Crippen MR) is 110 cm³/mol. The minimum Gasteiger partial charge on any atom is -0.465 e. The average molecular weight is 399 g/mol. The van der Waals surface area contributed by atoms with Crippen LogP contribution in [0.5, 0.6) is 0 Å². The van der Waals surface area contributed by atoms with Gasteiger partial charge in [0.2, 0.25) is 5.91 Å². The van der Waals surface area contributed by atoms with E-state index in [1.807, 2.05) is 24.3 Å². The van der Waals surface area contributed by atoms with E-state index in [1.54, 1.807) is 13.8 Å². The molecule has 0 spiro atoms. The molecule has 1 aromatic rings. The zero-order chi connectivity index (χ0) is 21.6. The second-order valence-electron chi connectivity index (χ2n) is 7.25. The van der Waals surface area contributed by atoms with Crippen LogP contribution >= 0.6 is 0 Å². The maximum Gasteiger partial charge on any atom is 0.336 e. The van der Waals surface area contributed by atoms with Crippen molar-refractivity contribution in [2.45, 2.75) is 46.0 Å². The van der Waals surface area contributed by atoms with Gasteiger partial charge in [0.25, 0.3) is 0 Å². The molecule has 29 heavy (non-hydrogen) atoms. The van der Waals surface area contributed by atoms with Crippen LogP contribution in [0.15, 0.2) is 48.2 Å². The molecule has 1 atom stereocenters. The highest BCUT2D eigenvalue weighted by molar-refractivity contribution is 5.96. The van der Waals surface area contributed by atoms with E-state index in [9.17, 15) is 14.4 Å². The number of allylic oxidation sites excluding steroid dienone is 1. The highest BCUT2D eigenvalue weighted by atomic mass is 16.5. The van der Waals surface area contributed by atoms with Crippen molar-refractivity contribution in [2.75, 3.05) is 19.8 Å². The fourth-order valence-electron chi connectivity index (χ4n) is 3.41. The summed E-state index contributed by atoms with van der Waals surface area (Å²) in [5.41, 5.74) is 2.84. The number of esters is 2. The number of rotatable bonds is 8. The lowest BCUT2D eigenvalue weighted by molar-refractivity contribution is -0.149. The number of carbonyl (C=O) groups is 3. The van der Waals surface area contributed by atoms with Crippen molar-refractivity contribution < 1.29 is 23.9 Å². The molecular weight excluding hydrogens is 370 g/mol. The molecule has 6 heteroatoms. The van der Waals surface area contributed by atoms with Crippen LogP contribution in [-0.2, 0) is 23.9 Å². The number of amides is 1. The second kappa shape index (κ2) is 10.0. The third-order valence-electron chi connectivity index (χ3n) is 4.97. The van der Waals surface area contributed by atoms with E-state index in [-0.39, 0.29) is 32.1 Å². The molecule has 0 N–H and O–H groups in total. The number of nitrogens with zero attached hydrogens (tertiary/aromatic N) is 1. The molecule has 0 bridgehead atoms. The van der Waals surface area contributed by atoms with E-state index < -0.39 is 17.9 Å². The Morgan fingerprint density at radius 2 is 1.90 bits per heavy atom. The third kappa shape index (κ3) is 5.34. The topological polar surface area (TPSA) is 72.9 Å². The summed E-state index contributed by atoms with van der Waals surface area (Å²) in [6, 6.07) is 7.92. The Kier molecular flexibility index (Phi) is 7.76. The first-order valence-electron chi connectivity index (χ1n) is 9.84. The molecule has 1 unspecified atom stereocenters. The van der Waals surface area contributed by atoms with Crippen LogP contribution in [-0.4, -0.2) is 42.5 Å². The Hall–Kier alpha value is -2.89. The van der Waals surface area contributed by atoms with Crippen molar-refractivity contribution in [3.63, 3.8) is 0 Å². The largest absolute Gasteiger partial charge is 0.465 e. The molecule has 0 aromatic heterocycles. The normalized spacial score (nSPS) is 16.8. The molecule has 0 aliphatic carbocycles. The van der Waals surface area contributed by atoms with Crippen LogP contribution in [0.2, 0.25) is 0 Å². The van der Waals surface area contributed by atoms with Gasteiger partial charge in [0, 0.05) is 18.0 Å². The van der Waals surface area contributed by atoms with Gasteiger partial charge in [-0.15, -0.1) is 0 Å². The molecule has 6 nitrogen and oxygen atoms in total. The summed E-state index contributed by atoms with van der Waals surface area (Å²) in [5, 5.41) is 0. The van der Waals surface area contributed by atoms with Crippen LogP contribution in [0.1, 0.15) is 57.1 Å². The Bertz CT molecular complexity index is 807. The quantitative estimate of drug-likeness (QED) is 0.492. The molecular formula is C23H29NO5. The number of benzene rings is 1. The van der Waals surface area contributed by atoms with Crippen molar-refractivity contribution in [3.05, 3.63) is 59.3 Å². The first-order valence-corrected chi connectivity index (χ1v) is 9.84. The monoisotopic (exact) mass is 399 g/mol. The minimum atomic E-state index is -0.515. The summed E-state index contributed by atoms with van der Waals surface area (Å²) in [4.78, 5) is 38.9. The summed E-state index contributed by atoms with van der Waals surface area (Å²) >= 11 is 0. The molecule has 0 fully saturated rings. The van der Waals surface area contributed by atoms with E-state index in [0.29, 0.717) is 17.2 Å². The van der Waals surface area contributed by atoms with Crippen LogP contribution in [0.3, 0.4) is 0 Å². The highest BCUT2D eigenvalue weighted by Crippen LogP contribution is 2.37. The molecule has 1 aliphatic heterocycles. The Balaban J connectivity index is 2.45. The summed E-state index contributed by atoms with van der Waals surface area (Å²) in [7, 11) is 0. The maximum atomic E-state index is 12.8. The first-order chi connectivity index (χ1) is 13.8. The van der Waals surface area contributed by atoms with Crippen LogP contribution < -0.4 is 0 Å². The van der Waals surface area contributed by atoms with Gasteiger partial charge in [-0.2, -0.15) is 0 Å². The van der Waals surface area contributed by atoms with Crippen molar-refractivity contribution in [1.82, 2.24) is 4.90 Å². The highest BCUT2D eigenvalue weighted by Gasteiger charge is 2.37. The average Bonchev–Trinajstić information content (AvgIpc) is 2.69. The number of hydrogen-bond donors (Lipinski definition) is 0. The van der Waals surface area contributed by atoms with E-state index in [4.69, 9.17) is 9.47 Å². The predicted octanol–water partition coefficient (Wildman–Crippen LogP) is 3.69. The molecule has 1 aromatic carbocycles. The zero-order valence-electron chi connectivity index (χ0n) is 17.6. The standard InChI is InChI=1S/C23H29NO5/c1-6-12-29-23(27)22-16(5)24(14-21(26)28-7-2)20(25)13-19(22)18-10-8-17(9-11-18)15(3)4/h6,8-11,15,19H,1,7,12-14H2,2-5H3. The molecule has 0 saturated heterocycles. The van der Waals surface area contributed by atoms with Gasteiger partial charge in [0.15, 0.2) is 0 Å². The van der Waals surface area contributed by atoms with Gasteiger partial charge in [0.05, 0.1) is 12.2 Å². The summed E-state index contributed by atoms with van der Waals surface area (Å²) < 4.78 is 10.2. The summed E-state index contributed by atoms with van der Waals surface area (Å²) in [6.07, 6.45) is 1.57. The van der Waals surface area contributed by atoms with Crippen molar-refractivity contribution in [1.29, 1.82) is 0 Å². The lowest BCUT2D eigenvalue weighted by Gasteiger charge is -2.34. The molecule has 0 radical (unpaired) electrons. The van der Waals surface area contributed by atoms with Crippen LogP contribution in [0.4, 0.5) is 0 Å². The molecule has 156 valence electrons. The zero-order valence-corrected chi connectivity index (χ0v) is 17.6. The first kappa shape index (κ1) is 22.4. The van der Waals surface area contributed by atoms with E-state index in [1.165, 1.54) is 16.5 Å². The Morgan fingerprint density at radius 1 is 1.24 bits per heavy atom. The number of ether oxygens (including phenoxy) is 2. The van der Waals surface area contributed by atoms with Crippen LogP contribution in [0, 0.1) is 0 Å². The third-order valence-corrected chi connectivity index (χ3v) is 4.97. The SMILES string of the molecule is C=CCOC(=O)C1=C(C)N(CC(=O)OCC)C(=O)CC1c1ccc(C(C)C)cc1. The molecule has 1 amide bonds. The maximum absolute atomic E-state index is 12.8. The van der Waals surface area contributed by atoms with Gasteiger partial charge in [-0.1, -0.05) is 50.8 Å². The van der Waals surface area contributed by atoms with E-state index >= 15 is 0 Å². The summed E-state index contributed by atoms with van der Waals surface area (Å²) in [6.45, 7) is 11.2. The lowest BCUT2D eigenvalue weighted by atomic mass is 9.83. The molecule has 1 aliphatic rings. The van der Waals surface area contributed by atoms with Gasteiger partial charge < -0.3 is 14.4 Å². The second-order valence-corrected chi connectivity index (χ2v) is 7.25. The van der Waals surface area contributed by atoms with Gasteiger partial charge in [-0.05, 0) is 30.9 Å². The number of carbonyl (C=O) groups excluding carboxylic acids is 3. The molecule has 0 saturated carbocycles. The van der Waals surface area contributed by atoms with E-state index in [0.717, 1.165) is 5.56 Å². The fraction of sp³-hybridized carbons (Fsp3) is 0.435. The summed E-state index contributed by atoms with van der Waals surface area (Å²) in [5.74, 6) is -1.31. The van der Waals surface area contributed by atoms with Gasteiger partial charge >= 0.3 is 11.9 Å². The van der Waals surface area contributed by atoms with Gasteiger partial charge in [0.1, 0.15) is 13.2 Å². The van der Waals surface area contributed by atoms with E-state index in [2.05, 4.69) is 20.4 Å². The minimum absolute atomic E-state index is 0.0699. The van der Waals surface area contributed by atoms with Gasteiger partial charge in [-0.3, -0.25) is 9.59 Å². The molecule has 2 rings (SSSR count). The van der Waals surface area contributed by atoms with Crippen molar-refractivity contribution in [3.8, 4) is 0 Å². The molecule has 1 heterocycles. The smallest absolute Gasteiger partial charge is 0.336 e. The van der Waals surface area contributed by atoms with Crippen LogP contribution in [0.25, 0.3) is 0 Å².